The highest BCUT2D eigenvalue weighted by molar-refractivity contribution is 8.00. The van der Waals surface area contributed by atoms with Crippen LogP contribution in [0.25, 0.3) is 6.08 Å². The maximum absolute atomic E-state index is 13.5. The molecule has 0 aliphatic carbocycles. The van der Waals surface area contributed by atoms with Gasteiger partial charge in [0.25, 0.3) is 11.8 Å². The topological polar surface area (TPSA) is 96.5 Å². The lowest BCUT2D eigenvalue weighted by molar-refractivity contribution is -0.116. The Balaban J connectivity index is 1.51. The molecule has 0 bridgehead atoms. The molecule has 3 amide bonds. The molecular weight excluding hydrogens is 641 g/mol. The van der Waals surface area contributed by atoms with Crippen LogP contribution in [0.2, 0.25) is 15.1 Å². The van der Waals surface area contributed by atoms with Crippen molar-refractivity contribution in [2.24, 2.45) is 0 Å². The summed E-state index contributed by atoms with van der Waals surface area (Å²) in [5.74, 6) is -0.708. The highest BCUT2D eigenvalue weighted by Crippen LogP contribution is 2.31. The van der Waals surface area contributed by atoms with Gasteiger partial charge in [0.05, 0.1) is 17.4 Å². The van der Waals surface area contributed by atoms with Crippen LogP contribution < -0.4 is 20.7 Å². The number of nitrogens with one attached hydrogen (secondary N) is 3. The standard InChI is InChI=1S/C33H28Cl3N3O4S/c1-3-30(33(42)38-24-14-15-29(43-2)27(36)19-24)44-25-11-7-10-23(18-25)37-32(41)28(16-21-12-13-22(34)17-26(21)35)39-31(40)20-8-5-4-6-9-20/h4-19,30H,3H2,1-2H3,(H,37,41)(H,38,42)(H,39,40)/b28-16+. The molecule has 0 fully saturated rings. The molecule has 1 unspecified atom stereocenters. The third-order valence-corrected chi connectivity index (χ3v) is 8.46. The van der Waals surface area contributed by atoms with Crippen molar-refractivity contribution in [2.75, 3.05) is 17.7 Å². The maximum atomic E-state index is 13.5. The molecule has 0 aliphatic heterocycles. The van der Waals surface area contributed by atoms with Crippen LogP contribution in [0.1, 0.15) is 29.3 Å². The van der Waals surface area contributed by atoms with Gasteiger partial charge >= 0.3 is 0 Å². The number of carbonyl (C=O) groups excluding carboxylic acids is 3. The number of hydrogen-bond donors (Lipinski definition) is 3. The Kier molecular flexibility index (Phi) is 11.7. The first kappa shape index (κ1) is 33.0. The fourth-order valence-electron chi connectivity index (χ4n) is 4.02. The first-order valence-corrected chi connectivity index (χ1v) is 15.4. The predicted molar refractivity (Wildman–Crippen MR) is 180 cm³/mol. The quantitative estimate of drug-likeness (QED) is 0.110. The van der Waals surface area contributed by atoms with Crippen LogP contribution in [-0.2, 0) is 9.59 Å². The molecule has 4 aromatic carbocycles. The summed E-state index contributed by atoms with van der Waals surface area (Å²) in [5.41, 5.74) is 1.88. The summed E-state index contributed by atoms with van der Waals surface area (Å²) in [6, 6.07) is 25.5. The number of ether oxygens (including phenoxy) is 1. The van der Waals surface area contributed by atoms with Crippen molar-refractivity contribution in [3.63, 3.8) is 0 Å². The van der Waals surface area contributed by atoms with Crippen molar-refractivity contribution >= 4 is 81.7 Å². The summed E-state index contributed by atoms with van der Waals surface area (Å²) in [5, 5.41) is 9.14. The molecule has 0 saturated heterocycles. The molecular formula is C33H28Cl3N3O4S. The van der Waals surface area contributed by atoms with E-state index in [4.69, 9.17) is 39.5 Å². The normalized spacial score (nSPS) is 11.8. The molecule has 0 aromatic heterocycles. The molecule has 11 heteroatoms. The minimum Gasteiger partial charge on any atom is -0.495 e. The molecule has 0 saturated carbocycles. The van der Waals surface area contributed by atoms with E-state index < -0.39 is 17.1 Å². The van der Waals surface area contributed by atoms with Crippen LogP contribution in [-0.4, -0.2) is 30.1 Å². The van der Waals surface area contributed by atoms with Gasteiger partial charge in [0.2, 0.25) is 5.91 Å². The van der Waals surface area contributed by atoms with E-state index in [1.165, 1.54) is 24.9 Å². The predicted octanol–water partition coefficient (Wildman–Crippen LogP) is 8.57. The molecule has 0 aliphatic rings. The van der Waals surface area contributed by atoms with Crippen molar-refractivity contribution in [1.82, 2.24) is 5.32 Å². The van der Waals surface area contributed by atoms with Crippen LogP contribution in [0.4, 0.5) is 11.4 Å². The Bertz CT molecular complexity index is 1700. The van der Waals surface area contributed by atoms with Crippen LogP contribution in [0, 0.1) is 0 Å². The smallest absolute Gasteiger partial charge is 0.272 e. The van der Waals surface area contributed by atoms with Crippen LogP contribution in [0.3, 0.4) is 0 Å². The van der Waals surface area contributed by atoms with E-state index in [9.17, 15) is 14.4 Å². The molecule has 44 heavy (non-hydrogen) atoms. The average molecular weight is 669 g/mol. The minimum atomic E-state index is -0.566. The Morgan fingerprint density at radius 2 is 1.59 bits per heavy atom. The fraction of sp³-hybridized carbons (Fsp3) is 0.121. The second-order valence-corrected chi connectivity index (χ2v) is 11.9. The van der Waals surface area contributed by atoms with E-state index in [1.807, 2.05) is 13.0 Å². The summed E-state index contributed by atoms with van der Waals surface area (Å²) in [6.45, 7) is 1.91. The zero-order valence-electron chi connectivity index (χ0n) is 23.7. The van der Waals surface area contributed by atoms with Crippen molar-refractivity contribution in [3.05, 3.63) is 123 Å². The lowest BCUT2D eigenvalue weighted by atomic mass is 10.1. The summed E-state index contributed by atoms with van der Waals surface area (Å²) in [6.07, 6.45) is 2.04. The number of carbonyl (C=O) groups is 3. The van der Waals surface area contributed by atoms with Crippen LogP contribution in [0.15, 0.2) is 102 Å². The SMILES string of the molecule is CCC(Sc1cccc(NC(=O)/C(=C\c2ccc(Cl)cc2Cl)NC(=O)c2ccccc2)c1)C(=O)Nc1ccc(OC)c(Cl)c1. The summed E-state index contributed by atoms with van der Waals surface area (Å²) < 4.78 is 5.17. The molecule has 4 rings (SSSR count). The van der Waals surface area contributed by atoms with E-state index in [1.54, 1.807) is 84.9 Å². The van der Waals surface area contributed by atoms with Gasteiger partial charge in [-0.25, -0.2) is 0 Å². The second kappa shape index (κ2) is 15.7. The van der Waals surface area contributed by atoms with Crippen molar-refractivity contribution in [3.8, 4) is 5.75 Å². The van der Waals surface area contributed by atoms with Gasteiger partial charge in [-0.1, -0.05) is 72.1 Å². The number of benzene rings is 4. The Morgan fingerprint density at radius 3 is 2.27 bits per heavy atom. The summed E-state index contributed by atoms with van der Waals surface area (Å²) in [4.78, 5) is 40.3. The molecule has 1 atom stereocenters. The van der Waals surface area contributed by atoms with Gasteiger partial charge in [0.15, 0.2) is 0 Å². The highest BCUT2D eigenvalue weighted by Gasteiger charge is 2.20. The lowest BCUT2D eigenvalue weighted by Gasteiger charge is -2.16. The molecule has 7 nitrogen and oxygen atoms in total. The number of halogens is 3. The number of rotatable bonds is 11. The van der Waals surface area contributed by atoms with E-state index in [0.29, 0.717) is 49.7 Å². The van der Waals surface area contributed by atoms with Crippen molar-refractivity contribution < 1.29 is 19.1 Å². The first-order chi connectivity index (χ1) is 21.2. The number of amides is 3. The summed E-state index contributed by atoms with van der Waals surface area (Å²) in [7, 11) is 1.52. The molecule has 0 radical (unpaired) electrons. The number of thioether (sulfide) groups is 1. The molecule has 3 N–H and O–H groups in total. The van der Waals surface area contributed by atoms with Crippen LogP contribution in [0.5, 0.6) is 5.75 Å². The number of hydrogen-bond acceptors (Lipinski definition) is 5. The van der Waals surface area contributed by atoms with E-state index in [-0.39, 0.29) is 11.6 Å². The molecule has 0 spiro atoms. The average Bonchev–Trinajstić information content (AvgIpc) is 3.01. The minimum absolute atomic E-state index is 0.0231. The monoisotopic (exact) mass is 667 g/mol. The number of anilines is 2. The van der Waals surface area contributed by atoms with Gasteiger partial charge in [-0.05, 0) is 78.7 Å². The first-order valence-electron chi connectivity index (χ1n) is 13.4. The highest BCUT2D eigenvalue weighted by atomic mass is 35.5. The third kappa shape index (κ3) is 9.03. The largest absolute Gasteiger partial charge is 0.495 e. The van der Waals surface area contributed by atoms with E-state index in [2.05, 4.69) is 16.0 Å². The van der Waals surface area contributed by atoms with Gasteiger partial charge in [-0.15, -0.1) is 11.8 Å². The van der Waals surface area contributed by atoms with Gasteiger partial charge in [-0.2, -0.15) is 0 Å². The second-order valence-electron chi connectivity index (χ2n) is 9.38. The molecule has 226 valence electrons. The van der Waals surface area contributed by atoms with Crippen molar-refractivity contribution in [2.45, 2.75) is 23.5 Å². The molecule has 0 heterocycles. The Labute approximate surface area is 274 Å². The lowest BCUT2D eigenvalue weighted by Crippen LogP contribution is -2.30. The zero-order chi connectivity index (χ0) is 31.6. The molecule has 4 aromatic rings. The Morgan fingerprint density at radius 1 is 0.841 bits per heavy atom. The summed E-state index contributed by atoms with van der Waals surface area (Å²) >= 11 is 19.9. The van der Waals surface area contributed by atoms with E-state index in [0.717, 1.165) is 4.90 Å². The van der Waals surface area contributed by atoms with Crippen LogP contribution >= 0.6 is 46.6 Å². The number of methoxy groups -OCH3 is 1. The Hall–Kier alpha value is -3.95. The van der Waals surface area contributed by atoms with Gasteiger partial charge in [0.1, 0.15) is 11.4 Å². The zero-order valence-corrected chi connectivity index (χ0v) is 26.8. The fourth-order valence-corrected chi connectivity index (χ4v) is 5.75. The van der Waals surface area contributed by atoms with Gasteiger partial charge in [0, 0.05) is 31.9 Å². The van der Waals surface area contributed by atoms with Crippen molar-refractivity contribution in [1.29, 1.82) is 0 Å². The van der Waals surface area contributed by atoms with Gasteiger partial charge < -0.3 is 20.7 Å². The maximum Gasteiger partial charge on any atom is 0.272 e. The van der Waals surface area contributed by atoms with E-state index >= 15 is 0 Å². The van der Waals surface area contributed by atoms with Gasteiger partial charge in [-0.3, -0.25) is 14.4 Å². The third-order valence-electron chi connectivity index (χ3n) is 6.24.